The SMILES string of the molecule is FC(F)(F)C1C=Cc2cccc(-c3ccccc3)c2O1. The third kappa shape index (κ3) is 2.29. The number of fused-ring (bicyclic) bond motifs is 1. The molecule has 1 aliphatic heterocycles. The van der Waals surface area contributed by atoms with Crippen molar-refractivity contribution in [2.24, 2.45) is 0 Å². The highest BCUT2D eigenvalue weighted by Gasteiger charge is 2.41. The second-order valence-corrected chi connectivity index (χ2v) is 4.53. The molecule has 1 nitrogen and oxygen atoms in total. The Morgan fingerprint density at radius 2 is 1.65 bits per heavy atom. The lowest BCUT2D eigenvalue weighted by atomic mass is 9.99. The van der Waals surface area contributed by atoms with Crippen LogP contribution in [0.2, 0.25) is 0 Å². The predicted octanol–water partition coefficient (Wildman–Crippen LogP) is 4.69. The van der Waals surface area contributed by atoms with Gasteiger partial charge in [0.2, 0.25) is 6.10 Å². The monoisotopic (exact) mass is 276 g/mol. The summed E-state index contributed by atoms with van der Waals surface area (Å²) in [7, 11) is 0. The summed E-state index contributed by atoms with van der Waals surface area (Å²) in [6, 6.07) is 14.6. The zero-order chi connectivity index (χ0) is 14.2. The molecule has 0 N–H and O–H groups in total. The lowest BCUT2D eigenvalue weighted by Gasteiger charge is -2.25. The molecule has 1 unspecified atom stereocenters. The molecule has 0 amide bonds. The Morgan fingerprint density at radius 1 is 0.900 bits per heavy atom. The van der Waals surface area contributed by atoms with Crippen LogP contribution in [0, 0.1) is 0 Å². The van der Waals surface area contributed by atoms with E-state index in [4.69, 9.17) is 4.74 Å². The first-order valence-corrected chi connectivity index (χ1v) is 6.16. The van der Waals surface area contributed by atoms with Crippen molar-refractivity contribution in [3.05, 3.63) is 60.2 Å². The number of benzene rings is 2. The molecule has 0 radical (unpaired) electrons. The van der Waals surface area contributed by atoms with Gasteiger partial charge in [0, 0.05) is 11.1 Å². The second kappa shape index (κ2) is 4.71. The van der Waals surface area contributed by atoms with Crippen molar-refractivity contribution >= 4 is 6.08 Å². The second-order valence-electron chi connectivity index (χ2n) is 4.53. The summed E-state index contributed by atoms with van der Waals surface area (Å²) in [5.41, 5.74) is 2.16. The molecule has 20 heavy (non-hydrogen) atoms. The maximum Gasteiger partial charge on any atom is 0.429 e. The van der Waals surface area contributed by atoms with Gasteiger partial charge in [0.15, 0.2) is 0 Å². The van der Waals surface area contributed by atoms with E-state index in [1.54, 1.807) is 12.1 Å². The van der Waals surface area contributed by atoms with Gasteiger partial charge in [0.1, 0.15) is 5.75 Å². The highest BCUT2D eigenvalue weighted by atomic mass is 19.4. The minimum atomic E-state index is -4.40. The number of hydrogen-bond acceptors (Lipinski definition) is 1. The van der Waals surface area contributed by atoms with Gasteiger partial charge in [-0.15, -0.1) is 0 Å². The van der Waals surface area contributed by atoms with Gasteiger partial charge in [-0.3, -0.25) is 0 Å². The molecule has 1 atom stereocenters. The van der Waals surface area contributed by atoms with E-state index < -0.39 is 12.3 Å². The van der Waals surface area contributed by atoms with Crippen molar-refractivity contribution in [3.63, 3.8) is 0 Å². The maximum absolute atomic E-state index is 12.8. The van der Waals surface area contributed by atoms with Gasteiger partial charge in [0.05, 0.1) is 0 Å². The molecule has 2 aromatic rings. The zero-order valence-electron chi connectivity index (χ0n) is 10.4. The van der Waals surface area contributed by atoms with Crippen LogP contribution in [-0.4, -0.2) is 12.3 Å². The van der Waals surface area contributed by atoms with Gasteiger partial charge in [0.25, 0.3) is 0 Å². The first-order valence-electron chi connectivity index (χ1n) is 6.16. The maximum atomic E-state index is 12.8. The molecule has 1 aliphatic rings. The molecule has 0 aliphatic carbocycles. The third-order valence-electron chi connectivity index (χ3n) is 3.15. The van der Waals surface area contributed by atoms with Crippen molar-refractivity contribution in [2.45, 2.75) is 12.3 Å². The summed E-state index contributed by atoms with van der Waals surface area (Å²) < 4.78 is 43.5. The number of halogens is 3. The van der Waals surface area contributed by atoms with Crippen LogP contribution in [0.3, 0.4) is 0 Å². The average Bonchev–Trinajstić information content (AvgIpc) is 2.46. The summed E-state index contributed by atoms with van der Waals surface area (Å²) in [4.78, 5) is 0. The van der Waals surface area contributed by atoms with Crippen molar-refractivity contribution in [1.29, 1.82) is 0 Å². The number of ether oxygens (including phenoxy) is 1. The van der Waals surface area contributed by atoms with Crippen LogP contribution in [0.15, 0.2) is 54.6 Å². The van der Waals surface area contributed by atoms with Crippen LogP contribution in [0.25, 0.3) is 17.2 Å². The Hall–Kier alpha value is -2.23. The third-order valence-corrected chi connectivity index (χ3v) is 3.15. The van der Waals surface area contributed by atoms with Crippen molar-refractivity contribution in [1.82, 2.24) is 0 Å². The summed E-state index contributed by atoms with van der Waals surface area (Å²) in [6.07, 6.45) is -3.79. The number of rotatable bonds is 1. The Kier molecular flexibility index (Phi) is 3.01. The van der Waals surface area contributed by atoms with E-state index in [0.717, 1.165) is 11.6 Å². The number of hydrogen-bond donors (Lipinski definition) is 0. The molecule has 0 saturated heterocycles. The molecule has 0 fully saturated rings. The summed E-state index contributed by atoms with van der Waals surface area (Å²) in [6.45, 7) is 0. The first-order chi connectivity index (χ1) is 9.55. The zero-order valence-corrected chi connectivity index (χ0v) is 10.4. The quantitative estimate of drug-likeness (QED) is 0.734. The molecule has 2 aromatic carbocycles. The van der Waals surface area contributed by atoms with E-state index in [1.807, 2.05) is 36.4 Å². The molecule has 1 heterocycles. The van der Waals surface area contributed by atoms with E-state index in [-0.39, 0.29) is 5.75 Å². The summed E-state index contributed by atoms with van der Waals surface area (Å²) in [5, 5.41) is 0. The lowest BCUT2D eigenvalue weighted by molar-refractivity contribution is -0.180. The lowest BCUT2D eigenvalue weighted by Crippen LogP contribution is -2.34. The minimum Gasteiger partial charge on any atom is -0.476 e. The van der Waals surface area contributed by atoms with Crippen LogP contribution in [0.4, 0.5) is 13.2 Å². The van der Waals surface area contributed by atoms with E-state index >= 15 is 0 Å². The fraction of sp³-hybridized carbons (Fsp3) is 0.125. The molecule has 0 spiro atoms. The van der Waals surface area contributed by atoms with Crippen molar-refractivity contribution < 1.29 is 17.9 Å². The minimum absolute atomic E-state index is 0.281. The number of para-hydroxylation sites is 1. The molecular weight excluding hydrogens is 265 g/mol. The Bertz CT molecular complexity index is 645. The smallest absolute Gasteiger partial charge is 0.429 e. The summed E-state index contributed by atoms with van der Waals surface area (Å²) in [5.74, 6) is 0.281. The first kappa shape index (κ1) is 12.8. The molecule has 0 bridgehead atoms. The molecule has 102 valence electrons. The van der Waals surface area contributed by atoms with E-state index in [0.29, 0.717) is 11.1 Å². The average molecular weight is 276 g/mol. The van der Waals surface area contributed by atoms with Crippen molar-refractivity contribution in [3.8, 4) is 16.9 Å². The van der Waals surface area contributed by atoms with E-state index in [1.165, 1.54) is 6.08 Å². The topological polar surface area (TPSA) is 9.23 Å². The number of alkyl halides is 3. The highest BCUT2D eigenvalue weighted by Crippen LogP contribution is 2.39. The Morgan fingerprint density at radius 3 is 2.35 bits per heavy atom. The highest BCUT2D eigenvalue weighted by molar-refractivity contribution is 5.77. The van der Waals surface area contributed by atoms with Crippen LogP contribution >= 0.6 is 0 Å². The van der Waals surface area contributed by atoms with Gasteiger partial charge < -0.3 is 4.74 Å². The van der Waals surface area contributed by atoms with Crippen LogP contribution in [0.1, 0.15) is 5.56 Å². The van der Waals surface area contributed by atoms with E-state index in [2.05, 4.69) is 0 Å². The standard InChI is InChI=1S/C16H11F3O/c17-16(18,19)14-10-9-12-7-4-8-13(15(12)20-14)11-5-2-1-3-6-11/h1-10,14H. The predicted molar refractivity (Wildman–Crippen MR) is 71.4 cm³/mol. The van der Waals surface area contributed by atoms with Crippen molar-refractivity contribution in [2.75, 3.05) is 0 Å². The molecule has 0 aromatic heterocycles. The Labute approximate surface area is 114 Å². The van der Waals surface area contributed by atoms with Gasteiger partial charge >= 0.3 is 6.18 Å². The molecule has 3 rings (SSSR count). The fourth-order valence-electron chi connectivity index (χ4n) is 2.20. The van der Waals surface area contributed by atoms with Crippen LogP contribution in [-0.2, 0) is 0 Å². The largest absolute Gasteiger partial charge is 0.476 e. The van der Waals surface area contributed by atoms with Crippen LogP contribution < -0.4 is 4.74 Å². The molecule has 0 saturated carbocycles. The molecular formula is C16H11F3O. The molecule has 4 heteroatoms. The van der Waals surface area contributed by atoms with E-state index in [9.17, 15) is 13.2 Å². The van der Waals surface area contributed by atoms with Gasteiger partial charge in [-0.1, -0.05) is 54.6 Å². The normalized spacial score (nSPS) is 17.4. The van der Waals surface area contributed by atoms with Crippen LogP contribution in [0.5, 0.6) is 5.75 Å². The summed E-state index contributed by atoms with van der Waals surface area (Å²) >= 11 is 0. The van der Waals surface area contributed by atoms with Gasteiger partial charge in [-0.05, 0) is 11.6 Å². The van der Waals surface area contributed by atoms with Gasteiger partial charge in [-0.25, -0.2) is 0 Å². The Balaban J connectivity index is 2.08. The fourth-order valence-corrected chi connectivity index (χ4v) is 2.20. The van der Waals surface area contributed by atoms with Gasteiger partial charge in [-0.2, -0.15) is 13.2 Å².